The first kappa shape index (κ1) is 11.1. The molecule has 0 spiro atoms. The Bertz CT molecular complexity index is 235. The predicted molar refractivity (Wildman–Crippen MR) is 46.8 cm³/mol. The maximum absolute atomic E-state index is 10.8. The molecule has 0 amide bonds. The molecule has 5 nitrogen and oxygen atoms in total. The summed E-state index contributed by atoms with van der Waals surface area (Å²) in [6.45, 7) is 3.31. The van der Waals surface area contributed by atoms with Crippen LogP contribution in [0.15, 0.2) is 0 Å². The van der Waals surface area contributed by atoms with Crippen LogP contribution in [0.3, 0.4) is 0 Å². The van der Waals surface area contributed by atoms with E-state index in [1.807, 2.05) is 0 Å². The fraction of sp³-hybridized carbons (Fsp3) is 0.778. The Balaban J connectivity index is 2.62. The molecule has 1 heterocycles. The van der Waals surface area contributed by atoms with E-state index in [9.17, 15) is 9.59 Å². The standard InChI is InChI=1S/C9H14O5/c1-9(2)13-6(4-3-5-10)7(14-9)8(11)12/h5-7H,3-4H2,1-2H3,(H,11,12)/t6-,7-/m0/s1. The molecule has 1 saturated heterocycles. The van der Waals surface area contributed by atoms with E-state index in [2.05, 4.69) is 0 Å². The Morgan fingerprint density at radius 1 is 1.50 bits per heavy atom. The zero-order valence-corrected chi connectivity index (χ0v) is 8.23. The average molecular weight is 202 g/mol. The molecule has 0 aliphatic carbocycles. The molecule has 1 N–H and O–H groups in total. The van der Waals surface area contributed by atoms with Crippen LogP contribution < -0.4 is 0 Å². The molecule has 0 unspecified atom stereocenters. The summed E-state index contributed by atoms with van der Waals surface area (Å²) >= 11 is 0. The van der Waals surface area contributed by atoms with E-state index in [1.54, 1.807) is 13.8 Å². The number of ether oxygens (including phenoxy) is 2. The molecular weight excluding hydrogens is 188 g/mol. The summed E-state index contributed by atoms with van der Waals surface area (Å²) in [5.41, 5.74) is 0. The van der Waals surface area contributed by atoms with Crippen molar-refractivity contribution in [1.29, 1.82) is 0 Å². The zero-order chi connectivity index (χ0) is 10.8. The van der Waals surface area contributed by atoms with Gasteiger partial charge in [-0.25, -0.2) is 4.79 Å². The lowest BCUT2D eigenvalue weighted by molar-refractivity contribution is -0.165. The van der Waals surface area contributed by atoms with Gasteiger partial charge in [-0.2, -0.15) is 0 Å². The number of aldehydes is 1. The Morgan fingerprint density at radius 2 is 2.14 bits per heavy atom. The third kappa shape index (κ3) is 2.52. The van der Waals surface area contributed by atoms with Crippen molar-refractivity contribution >= 4 is 12.3 Å². The molecule has 0 saturated carbocycles. The first-order valence-electron chi connectivity index (χ1n) is 4.48. The predicted octanol–water partition coefficient (Wildman–Crippen LogP) is 0.570. The summed E-state index contributed by atoms with van der Waals surface area (Å²) < 4.78 is 10.5. The van der Waals surface area contributed by atoms with Gasteiger partial charge in [0.05, 0.1) is 6.10 Å². The highest BCUT2D eigenvalue weighted by atomic mass is 16.8. The van der Waals surface area contributed by atoms with Crippen molar-refractivity contribution in [3.05, 3.63) is 0 Å². The molecule has 1 rings (SSSR count). The van der Waals surface area contributed by atoms with Crippen LogP contribution in [0.2, 0.25) is 0 Å². The van der Waals surface area contributed by atoms with E-state index < -0.39 is 24.0 Å². The molecule has 0 aromatic rings. The Kier molecular flexibility index (Phi) is 3.23. The molecule has 5 heteroatoms. The molecule has 80 valence electrons. The lowest BCUT2D eigenvalue weighted by Gasteiger charge is -2.16. The molecule has 0 aromatic heterocycles. The van der Waals surface area contributed by atoms with Gasteiger partial charge >= 0.3 is 5.97 Å². The third-order valence-corrected chi connectivity index (χ3v) is 2.00. The van der Waals surface area contributed by atoms with Crippen molar-refractivity contribution in [2.45, 2.75) is 44.7 Å². The minimum Gasteiger partial charge on any atom is -0.479 e. The maximum atomic E-state index is 10.8. The molecule has 0 radical (unpaired) electrons. The van der Waals surface area contributed by atoms with Crippen LogP contribution in [0, 0.1) is 0 Å². The second-order valence-corrected chi connectivity index (χ2v) is 3.68. The summed E-state index contributed by atoms with van der Waals surface area (Å²) in [6, 6.07) is 0. The second-order valence-electron chi connectivity index (χ2n) is 3.68. The molecule has 0 bridgehead atoms. The van der Waals surface area contributed by atoms with Crippen LogP contribution in [0.1, 0.15) is 26.7 Å². The molecule has 1 aliphatic rings. The molecule has 1 fully saturated rings. The SMILES string of the molecule is CC1(C)O[C@@H](CCC=O)[C@@H](C(=O)O)O1. The minimum atomic E-state index is -1.05. The maximum Gasteiger partial charge on any atom is 0.335 e. The number of rotatable bonds is 4. The van der Waals surface area contributed by atoms with E-state index in [1.165, 1.54) is 0 Å². The van der Waals surface area contributed by atoms with Gasteiger partial charge in [-0.05, 0) is 20.3 Å². The first-order chi connectivity index (χ1) is 6.46. The molecule has 2 atom stereocenters. The topological polar surface area (TPSA) is 72.8 Å². The number of carbonyl (C=O) groups is 2. The number of hydrogen-bond donors (Lipinski definition) is 1. The number of carbonyl (C=O) groups excluding carboxylic acids is 1. The summed E-state index contributed by atoms with van der Waals surface area (Å²) in [5.74, 6) is -1.93. The second kappa shape index (κ2) is 4.06. The normalized spacial score (nSPS) is 30.1. The van der Waals surface area contributed by atoms with Gasteiger partial charge in [0.2, 0.25) is 0 Å². The summed E-state index contributed by atoms with van der Waals surface area (Å²) in [7, 11) is 0. The van der Waals surface area contributed by atoms with Gasteiger partial charge in [0.15, 0.2) is 11.9 Å². The van der Waals surface area contributed by atoms with Gasteiger partial charge in [-0.15, -0.1) is 0 Å². The van der Waals surface area contributed by atoms with Gasteiger partial charge in [-0.1, -0.05) is 0 Å². The van der Waals surface area contributed by atoms with Gasteiger partial charge in [0, 0.05) is 6.42 Å². The van der Waals surface area contributed by atoms with Crippen LogP contribution in [0.5, 0.6) is 0 Å². The highest BCUT2D eigenvalue weighted by molar-refractivity contribution is 5.73. The van der Waals surface area contributed by atoms with Gasteiger partial charge in [0.25, 0.3) is 0 Å². The molecule has 1 aliphatic heterocycles. The van der Waals surface area contributed by atoms with Gasteiger partial charge in [-0.3, -0.25) is 0 Å². The molecule has 0 aromatic carbocycles. The fourth-order valence-electron chi connectivity index (χ4n) is 1.49. The Labute approximate surface area is 82.0 Å². The van der Waals surface area contributed by atoms with Crippen LogP contribution >= 0.6 is 0 Å². The lowest BCUT2D eigenvalue weighted by atomic mass is 10.1. The fourth-order valence-corrected chi connectivity index (χ4v) is 1.49. The average Bonchev–Trinajstić information content (AvgIpc) is 2.38. The minimum absolute atomic E-state index is 0.286. The van der Waals surface area contributed by atoms with Gasteiger partial charge < -0.3 is 19.4 Å². The zero-order valence-electron chi connectivity index (χ0n) is 8.23. The van der Waals surface area contributed by atoms with Crippen LogP contribution in [0.25, 0.3) is 0 Å². The van der Waals surface area contributed by atoms with Crippen LogP contribution in [0.4, 0.5) is 0 Å². The van der Waals surface area contributed by atoms with E-state index in [-0.39, 0.29) is 6.42 Å². The van der Waals surface area contributed by atoms with Crippen molar-refractivity contribution < 1.29 is 24.2 Å². The monoisotopic (exact) mass is 202 g/mol. The van der Waals surface area contributed by atoms with Crippen molar-refractivity contribution in [3.63, 3.8) is 0 Å². The first-order valence-corrected chi connectivity index (χ1v) is 4.48. The number of aliphatic carboxylic acids is 1. The van der Waals surface area contributed by atoms with Crippen LogP contribution in [-0.4, -0.2) is 35.4 Å². The highest BCUT2D eigenvalue weighted by Gasteiger charge is 2.44. The van der Waals surface area contributed by atoms with Crippen molar-refractivity contribution in [3.8, 4) is 0 Å². The van der Waals surface area contributed by atoms with Gasteiger partial charge in [0.1, 0.15) is 6.29 Å². The smallest absolute Gasteiger partial charge is 0.335 e. The molecule has 14 heavy (non-hydrogen) atoms. The third-order valence-electron chi connectivity index (χ3n) is 2.00. The Morgan fingerprint density at radius 3 is 2.64 bits per heavy atom. The lowest BCUT2D eigenvalue weighted by Crippen LogP contribution is -2.31. The Hall–Kier alpha value is -0.940. The number of carboxylic acids is 1. The van der Waals surface area contributed by atoms with Crippen molar-refractivity contribution in [2.24, 2.45) is 0 Å². The van der Waals surface area contributed by atoms with E-state index in [4.69, 9.17) is 14.6 Å². The quantitative estimate of drug-likeness (QED) is 0.675. The summed E-state index contributed by atoms with van der Waals surface area (Å²) in [4.78, 5) is 20.9. The number of hydrogen-bond acceptors (Lipinski definition) is 4. The molecular formula is C9H14O5. The highest BCUT2D eigenvalue weighted by Crippen LogP contribution is 2.30. The van der Waals surface area contributed by atoms with E-state index in [0.717, 1.165) is 6.29 Å². The van der Waals surface area contributed by atoms with Crippen molar-refractivity contribution in [1.82, 2.24) is 0 Å². The largest absolute Gasteiger partial charge is 0.479 e. The number of carboxylic acid groups (broad SMARTS) is 1. The van der Waals surface area contributed by atoms with Crippen molar-refractivity contribution in [2.75, 3.05) is 0 Å². The summed E-state index contributed by atoms with van der Waals surface area (Å²) in [5, 5.41) is 8.82. The van der Waals surface area contributed by atoms with E-state index in [0.29, 0.717) is 6.42 Å². The summed E-state index contributed by atoms with van der Waals surface area (Å²) in [6.07, 6.45) is -0.0941. The van der Waals surface area contributed by atoms with Crippen LogP contribution in [-0.2, 0) is 19.1 Å². The van der Waals surface area contributed by atoms with E-state index >= 15 is 0 Å².